The summed E-state index contributed by atoms with van der Waals surface area (Å²) in [4.78, 5) is 4.73. The minimum Gasteiger partial charge on any atom is -0.496 e. The number of aromatic nitrogens is 5. The molecule has 0 aliphatic heterocycles. The van der Waals surface area contributed by atoms with E-state index in [-0.39, 0.29) is 0 Å². The number of hydrogen-bond donors (Lipinski definition) is 1. The van der Waals surface area contributed by atoms with Crippen LogP contribution in [0.5, 0.6) is 5.75 Å². The molecule has 0 aliphatic rings. The second-order valence-corrected chi connectivity index (χ2v) is 7.37. The molecule has 1 N–H and O–H groups in total. The van der Waals surface area contributed by atoms with E-state index in [9.17, 15) is 5.11 Å². The molecule has 7 heteroatoms. The Morgan fingerprint density at radius 3 is 2.57 bits per heavy atom. The second-order valence-electron chi connectivity index (χ2n) is 7.37. The van der Waals surface area contributed by atoms with Crippen molar-refractivity contribution < 1.29 is 9.84 Å². The molecule has 7 nitrogen and oxygen atoms in total. The summed E-state index contributed by atoms with van der Waals surface area (Å²) < 4.78 is 9.27. The maximum Gasteiger partial charge on any atom is 0.163 e. The van der Waals surface area contributed by atoms with Crippen molar-refractivity contribution in [2.45, 2.75) is 33.3 Å². The minimum absolute atomic E-state index is 0.603. The Morgan fingerprint density at radius 2 is 1.93 bits per heavy atom. The molecule has 0 aliphatic carbocycles. The van der Waals surface area contributed by atoms with E-state index in [1.54, 1.807) is 36.4 Å². The molecule has 3 aromatic heterocycles. The van der Waals surface area contributed by atoms with Crippen molar-refractivity contribution in [1.29, 1.82) is 0 Å². The molecule has 0 saturated carbocycles. The molecule has 0 saturated heterocycles. The van der Waals surface area contributed by atoms with E-state index in [0.717, 1.165) is 28.2 Å². The van der Waals surface area contributed by atoms with Crippen LogP contribution in [0.15, 0.2) is 42.7 Å². The Morgan fingerprint density at radius 1 is 1.14 bits per heavy atom. The number of fused-ring (bicyclic) bond motifs is 1. The number of nitrogens with zero attached hydrogens (tertiary/aromatic N) is 5. The van der Waals surface area contributed by atoms with Gasteiger partial charge in [0.1, 0.15) is 11.4 Å². The fourth-order valence-corrected chi connectivity index (χ4v) is 3.35. The second kappa shape index (κ2) is 6.45. The quantitative estimate of drug-likeness (QED) is 0.589. The third-order valence-electron chi connectivity index (χ3n) is 4.79. The van der Waals surface area contributed by atoms with Gasteiger partial charge in [0.25, 0.3) is 0 Å². The minimum atomic E-state index is -1.05. The number of hydrogen-bond acceptors (Lipinski definition) is 5. The zero-order valence-electron chi connectivity index (χ0n) is 16.6. The van der Waals surface area contributed by atoms with Gasteiger partial charge in [0, 0.05) is 29.7 Å². The maximum absolute atomic E-state index is 10.5. The first-order valence-corrected chi connectivity index (χ1v) is 9.08. The van der Waals surface area contributed by atoms with Crippen molar-refractivity contribution in [2.75, 3.05) is 7.11 Å². The monoisotopic (exact) mass is 377 g/mol. The van der Waals surface area contributed by atoms with Crippen LogP contribution in [-0.2, 0) is 5.60 Å². The van der Waals surface area contributed by atoms with Crippen molar-refractivity contribution in [3.63, 3.8) is 0 Å². The Kier molecular flexibility index (Phi) is 4.19. The molecule has 0 bridgehead atoms. The van der Waals surface area contributed by atoms with E-state index in [1.807, 2.05) is 50.4 Å². The first-order chi connectivity index (χ1) is 13.3. The largest absolute Gasteiger partial charge is 0.496 e. The van der Waals surface area contributed by atoms with Gasteiger partial charge in [-0.1, -0.05) is 0 Å². The van der Waals surface area contributed by atoms with E-state index in [2.05, 4.69) is 10.2 Å². The fourth-order valence-electron chi connectivity index (χ4n) is 3.35. The molecule has 144 valence electrons. The van der Waals surface area contributed by atoms with Crippen molar-refractivity contribution in [2.24, 2.45) is 0 Å². The molecule has 4 rings (SSSR count). The summed E-state index contributed by atoms with van der Waals surface area (Å²) in [5.41, 5.74) is 4.68. The number of aryl methyl sites for hydroxylation is 2. The average molecular weight is 377 g/mol. The molecule has 4 aromatic rings. The zero-order valence-corrected chi connectivity index (χ0v) is 16.6. The highest BCUT2D eigenvalue weighted by Crippen LogP contribution is 2.37. The van der Waals surface area contributed by atoms with Gasteiger partial charge in [0.05, 0.1) is 29.7 Å². The van der Waals surface area contributed by atoms with E-state index in [0.29, 0.717) is 17.1 Å². The van der Waals surface area contributed by atoms with Gasteiger partial charge in [-0.05, 0) is 52.0 Å². The summed E-state index contributed by atoms with van der Waals surface area (Å²) in [5.74, 6) is 0.708. The lowest BCUT2D eigenvalue weighted by Gasteiger charge is -2.18. The number of rotatable bonds is 4. The van der Waals surface area contributed by atoms with Crippen LogP contribution in [0.25, 0.3) is 22.5 Å². The van der Waals surface area contributed by atoms with Gasteiger partial charge in [-0.15, -0.1) is 0 Å². The van der Waals surface area contributed by atoms with Crippen molar-refractivity contribution in [3.8, 4) is 22.6 Å². The number of benzene rings is 1. The lowest BCUT2D eigenvalue weighted by molar-refractivity contribution is 0.0739. The molecule has 3 heterocycles. The molecule has 0 fully saturated rings. The fraction of sp³-hybridized carbons (Fsp3) is 0.286. The molecular formula is C21H23N5O2. The van der Waals surface area contributed by atoms with Gasteiger partial charge in [0.15, 0.2) is 5.65 Å². The summed E-state index contributed by atoms with van der Waals surface area (Å²) in [7, 11) is 1.65. The highest BCUT2D eigenvalue weighted by atomic mass is 16.5. The molecule has 1 aromatic carbocycles. The Bertz CT molecular complexity index is 1150. The molecule has 0 atom stereocenters. The Balaban J connectivity index is 1.96. The highest BCUT2D eigenvalue weighted by Gasteiger charge is 2.23. The third-order valence-corrected chi connectivity index (χ3v) is 4.79. The first-order valence-electron chi connectivity index (χ1n) is 9.08. The molecular weight excluding hydrogens is 354 g/mol. The molecule has 0 unspecified atom stereocenters. The van der Waals surface area contributed by atoms with Crippen LogP contribution in [-0.4, -0.2) is 36.6 Å². The number of methoxy groups -OCH3 is 1. The average Bonchev–Trinajstić information content (AvgIpc) is 3.28. The maximum atomic E-state index is 10.5. The molecule has 0 amide bonds. The predicted molar refractivity (Wildman–Crippen MR) is 107 cm³/mol. The number of aliphatic hydroxyl groups is 1. The van der Waals surface area contributed by atoms with Crippen LogP contribution >= 0.6 is 0 Å². The van der Waals surface area contributed by atoms with Gasteiger partial charge in [-0.25, -0.2) is 14.2 Å². The van der Waals surface area contributed by atoms with Crippen molar-refractivity contribution in [1.82, 2.24) is 24.4 Å². The summed E-state index contributed by atoms with van der Waals surface area (Å²) in [6.07, 6.45) is 3.62. The summed E-state index contributed by atoms with van der Waals surface area (Å²) >= 11 is 0. The van der Waals surface area contributed by atoms with Crippen LogP contribution < -0.4 is 4.74 Å². The van der Waals surface area contributed by atoms with Crippen molar-refractivity contribution in [3.05, 3.63) is 59.8 Å². The van der Waals surface area contributed by atoms with Gasteiger partial charge >= 0.3 is 0 Å². The van der Waals surface area contributed by atoms with E-state index < -0.39 is 5.60 Å². The molecule has 0 spiro atoms. The van der Waals surface area contributed by atoms with E-state index in [4.69, 9.17) is 9.72 Å². The van der Waals surface area contributed by atoms with Gasteiger partial charge in [0.2, 0.25) is 0 Å². The van der Waals surface area contributed by atoms with Crippen LogP contribution in [0, 0.1) is 13.8 Å². The summed E-state index contributed by atoms with van der Waals surface area (Å²) in [6.45, 7) is 7.37. The SMILES string of the molecule is COc1cc(-n2cccn2)ccc1-c1c(C)nn2c(C)cc(C(C)(C)O)nc12. The van der Waals surface area contributed by atoms with E-state index >= 15 is 0 Å². The third kappa shape index (κ3) is 2.93. The summed E-state index contributed by atoms with van der Waals surface area (Å²) in [5, 5.41) is 19.4. The van der Waals surface area contributed by atoms with Gasteiger partial charge < -0.3 is 9.84 Å². The Hall–Kier alpha value is -3.19. The smallest absolute Gasteiger partial charge is 0.163 e. The van der Waals surface area contributed by atoms with Crippen LogP contribution in [0.4, 0.5) is 0 Å². The van der Waals surface area contributed by atoms with Crippen molar-refractivity contribution >= 4 is 5.65 Å². The normalized spacial score (nSPS) is 11.9. The lowest BCUT2D eigenvalue weighted by atomic mass is 10.0. The first kappa shape index (κ1) is 18.2. The topological polar surface area (TPSA) is 77.5 Å². The Labute approximate surface area is 163 Å². The standard InChI is InChI=1S/C21H23N5O2/c1-13-11-18(21(3,4)27)23-20-19(14(2)24-26(13)20)16-8-7-15(12-17(16)28-5)25-10-6-9-22-25/h6-12,27H,1-5H3. The zero-order chi connectivity index (χ0) is 20.1. The summed E-state index contributed by atoms with van der Waals surface area (Å²) in [6, 6.07) is 9.66. The highest BCUT2D eigenvalue weighted by molar-refractivity contribution is 5.84. The van der Waals surface area contributed by atoms with E-state index in [1.165, 1.54) is 0 Å². The van der Waals surface area contributed by atoms with Crippen LogP contribution in [0.3, 0.4) is 0 Å². The number of ether oxygens (including phenoxy) is 1. The molecule has 28 heavy (non-hydrogen) atoms. The van der Waals surface area contributed by atoms with Gasteiger partial charge in [-0.3, -0.25) is 0 Å². The van der Waals surface area contributed by atoms with Gasteiger partial charge in [-0.2, -0.15) is 10.2 Å². The lowest BCUT2D eigenvalue weighted by Crippen LogP contribution is -2.18. The predicted octanol–water partition coefficient (Wildman–Crippen LogP) is 3.43. The van der Waals surface area contributed by atoms with Crippen LogP contribution in [0.2, 0.25) is 0 Å². The van der Waals surface area contributed by atoms with Crippen LogP contribution in [0.1, 0.15) is 30.9 Å². The molecule has 0 radical (unpaired) electrons.